The zero-order valence-corrected chi connectivity index (χ0v) is 17.4. The van der Waals surface area contributed by atoms with Crippen LogP contribution in [0.2, 0.25) is 0 Å². The van der Waals surface area contributed by atoms with Crippen molar-refractivity contribution >= 4 is 5.97 Å². The van der Waals surface area contributed by atoms with Crippen molar-refractivity contribution in [3.63, 3.8) is 0 Å². The molecule has 0 atom stereocenters. The largest absolute Gasteiger partial charge is 0.489 e. The van der Waals surface area contributed by atoms with Gasteiger partial charge in [-0.25, -0.2) is 9.18 Å². The molecule has 0 amide bonds. The van der Waals surface area contributed by atoms with Gasteiger partial charge in [-0.05, 0) is 80.9 Å². The molecule has 3 aliphatic rings. The van der Waals surface area contributed by atoms with Crippen molar-refractivity contribution < 1.29 is 23.8 Å². The van der Waals surface area contributed by atoms with Crippen molar-refractivity contribution in [2.45, 2.75) is 63.4 Å². The summed E-state index contributed by atoms with van der Waals surface area (Å²) in [6, 6.07) is 8.15. The van der Waals surface area contributed by atoms with E-state index in [4.69, 9.17) is 20.3 Å². The van der Waals surface area contributed by atoms with Crippen LogP contribution in [0.4, 0.5) is 4.39 Å². The number of hydrogen-bond donors (Lipinski definition) is 2. The van der Waals surface area contributed by atoms with E-state index < -0.39 is 11.6 Å². The smallest absolute Gasteiger partial charge is 0.329 e. The summed E-state index contributed by atoms with van der Waals surface area (Å²) in [5.74, 6) is -0.208. The van der Waals surface area contributed by atoms with Gasteiger partial charge in [0.05, 0.1) is 11.9 Å². The first-order chi connectivity index (χ1) is 13.8. The van der Waals surface area contributed by atoms with Gasteiger partial charge in [-0.2, -0.15) is 0 Å². The van der Waals surface area contributed by atoms with Crippen LogP contribution in [0.15, 0.2) is 36.2 Å². The van der Waals surface area contributed by atoms with Gasteiger partial charge in [-0.3, -0.25) is 0 Å². The van der Waals surface area contributed by atoms with E-state index in [2.05, 4.69) is 12.1 Å². The molecule has 1 aromatic carbocycles. The van der Waals surface area contributed by atoms with Crippen LogP contribution in [0.1, 0.15) is 57.9 Å². The van der Waals surface area contributed by atoms with Gasteiger partial charge in [0, 0.05) is 12.1 Å². The second-order valence-electron chi connectivity index (χ2n) is 9.04. The first-order valence-corrected chi connectivity index (χ1v) is 10.3. The number of aliphatic carboxylic acids is 1. The summed E-state index contributed by atoms with van der Waals surface area (Å²) in [5, 5.41) is 8.99. The Bertz CT molecular complexity index is 732. The Morgan fingerprint density at radius 2 is 1.72 bits per heavy atom. The molecule has 0 unspecified atom stereocenters. The van der Waals surface area contributed by atoms with Crippen molar-refractivity contribution in [2.75, 3.05) is 19.8 Å². The molecule has 0 aliphatic heterocycles. The molecule has 6 heteroatoms. The number of rotatable bonds is 9. The minimum atomic E-state index is -0.918. The fourth-order valence-electron chi connectivity index (χ4n) is 5.13. The molecule has 0 radical (unpaired) electrons. The van der Waals surface area contributed by atoms with Crippen LogP contribution in [-0.2, 0) is 14.9 Å². The molecule has 160 valence electrons. The molecule has 0 heterocycles. The zero-order chi connectivity index (χ0) is 21.1. The predicted molar refractivity (Wildman–Crippen MR) is 110 cm³/mol. The summed E-state index contributed by atoms with van der Waals surface area (Å²) in [6.45, 7) is 4.14. The van der Waals surface area contributed by atoms with Gasteiger partial charge in [0.25, 0.3) is 0 Å². The third-order valence-electron chi connectivity index (χ3n) is 7.39. The van der Waals surface area contributed by atoms with E-state index in [1.807, 2.05) is 26.0 Å². The minimum Gasteiger partial charge on any atom is -0.489 e. The van der Waals surface area contributed by atoms with Crippen molar-refractivity contribution in [2.24, 2.45) is 11.1 Å². The SMILES string of the molecule is CC(C)(OCC(=O)O)C12CCC(c3ccc(OCC(=CF)CN)cc3)(CC1)CC2. The number of nitrogens with two attached hydrogens (primary N) is 1. The van der Waals surface area contributed by atoms with Crippen molar-refractivity contribution in [1.82, 2.24) is 0 Å². The summed E-state index contributed by atoms with van der Waals surface area (Å²) in [7, 11) is 0. The summed E-state index contributed by atoms with van der Waals surface area (Å²) in [6.07, 6.45) is 6.86. The first-order valence-electron chi connectivity index (χ1n) is 10.3. The van der Waals surface area contributed by atoms with Gasteiger partial charge < -0.3 is 20.3 Å². The van der Waals surface area contributed by atoms with E-state index in [9.17, 15) is 9.18 Å². The second-order valence-corrected chi connectivity index (χ2v) is 9.04. The number of fused-ring (bicyclic) bond motifs is 3. The molecule has 0 saturated heterocycles. The van der Waals surface area contributed by atoms with E-state index in [0.717, 1.165) is 38.5 Å². The average Bonchev–Trinajstić information content (AvgIpc) is 2.74. The molecule has 2 bridgehead atoms. The van der Waals surface area contributed by atoms with Gasteiger partial charge >= 0.3 is 5.97 Å². The summed E-state index contributed by atoms with van der Waals surface area (Å²) in [4.78, 5) is 10.9. The quantitative estimate of drug-likeness (QED) is 0.638. The number of halogens is 1. The van der Waals surface area contributed by atoms with Crippen LogP contribution in [0, 0.1) is 5.41 Å². The fraction of sp³-hybridized carbons (Fsp3) is 0.609. The number of carbonyl (C=O) groups is 1. The van der Waals surface area contributed by atoms with Gasteiger partial charge in [0.1, 0.15) is 19.0 Å². The highest BCUT2D eigenvalue weighted by Crippen LogP contribution is 2.62. The molecule has 1 aromatic rings. The minimum absolute atomic E-state index is 0.0462. The maximum absolute atomic E-state index is 12.6. The fourth-order valence-corrected chi connectivity index (χ4v) is 5.13. The lowest BCUT2D eigenvalue weighted by Gasteiger charge is -2.59. The van der Waals surface area contributed by atoms with Gasteiger partial charge in [0.2, 0.25) is 0 Å². The second kappa shape index (κ2) is 8.44. The highest BCUT2D eigenvalue weighted by molar-refractivity contribution is 5.68. The third-order valence-corrected chi connectivity index (χ3v) is 7.39. The van der Waals surface area contributed by atoms with Gasteiger partial charge in [-0.15, -0.1) is 0 Å². The lowest BCUT2D eigenvalue weighted by molar-refractivity contribution is -0.174. The summed E-state index contributed by atoms with van der Waals surface area (Å²) >= 11 is 0. The van der Waals surface area contributed by atoms with Crippen LogP contribution in [-0.4, -0.2) is 36.4 Å². The highest BCUT2D eigenvalue weighted by Gasteiger charge is 2.56. The van der Waals surface area contributed by atoms with Crippen LogP contribution >= 0.6 is 0 Å². The average molecular weight is 406 g/mol. The Morgan fingerprint density at radius 1 is 1.14 bits per heavy atom. The molecule has 3 saturated carbocycles. The number of hydrogen-bond acceptors (Lipinski definition) is 4. The summed E-state index contributed by atoms with van der Waals surface area (Å²) in [5.41, 5.74) is 6.98. The third kappa shape index (κ3) is 4.33. The summed E-state index contributed by atoms with van der Waals surface area (Å²) < 4.78 is 24.0. The van der Waals surface area contributed by atoms with Crippen molar-refractivity contribution in [3.05, 3.63) is 41.7 Å². The molecular formula is C23H32FNO4. The molecule has 29 heavy (non-hydrogen) atoms. The van der Waals surface area contributed by atoms with Crippen LogP contribution < -0.4 is 10.5 Å². The lowest BCUT2D eigenvalue weighted by atomic mass is 9.48. The monoisotopic (exact) mass is 405 g/mol. The van der Waals surface area contributed by atoms with Gasteiger partial charge in [-0.1, -0.05) is 12.1 Å². The normalized spacial score (nSPS) is 27.1. The Hall–Kier alpha value is -1.92. The van der Waals surface area contributed by atoms with E-state index in [1.54, 1.807) is 0 Å². The van der Waals surface area contributed by atoms with E-state index >= 15 is 0 Å². The number of carboxylic acid groups (broad SMARTS) is 1. The number of ether oxygens (including phenoxy) is 2. The topological polar surface area (TPSA) is 81.8 Å². The highest BCUT2D eigenvalue weighted by atomic mass is 19.1. The molecule has 3 fully saturated rings. The Kier molecular flexibility index (Phi) is 6.34. The number of benzene rings is 1. The Morgan fingerprint density at radius 3 is 2.21 bits per heavy atom. The zero-order valence-electron chi connectivity index (χ0n) is 17.4. The maximum atomic E-state index is 12.6. The predicted octanol–water partition coefficient (Wildman–Crippen LogP) is 4.35. The molecule has 0 spiro atoms. The lowest BCUT2D eigenvalue weighted by Crippen LogP contribution is -2.55. The molecule has 0 aromatic heterocycles. The molecule has 3 N–H and O–H groups in total. The molecular weight excluding hydrogens is 373 g/mol. The van der Waals surface area contributed by atoms with Crippen LogP contribution in [0.5, 0.6) is 5.75 Å². The molecule has 3 aliphatic carbocycles. The first kappa shape index (κ1) is 21.8. The van der Waals surface area contributed by atoms with Gasteiger partial charge in [0.15, 0.2) is 0 Å². The van der Waals surface area contributed by atoms with Crippen LogP contribution in [0.25, 0.3) is 0 Å². The molecule has 5 nitrogen and oxygen atoms in total. The van der Waals surface area contributed by atoms with E-state index in [1.165, 1.54) is 5.56 Å². The Labute approximate surface area is 172 Å². The van der Waals surface area contributed by atoms with E-state index in [0.29, 0.717) is 17.7 Å². The van der Waals surface area contributed by atoms with Crippen LogP contribution in [0.3, 0.4) is 0 Å². The standard InChI is InChI=1S/C23H32FNO4/c1-21(2,29-16-20(26)27)23-10-7-22(8-11-23,9-12-23)18-3-5-19(6-4-18)28-15-17(13-24)14-25/h3-6,13H,7-12,14-16,25H2,1-2H3,(H,26,27). The van der Waals surface area contributed by atoms with Crippen molar-refractivity contribution in [1.29, 1.82) is 0 Å². The van der Waals surface area contributed by atoms with Crippen molar-refractivity contribution in [3.8, 4) is 5.75 Å². The Balaban J connectivity index is 1.65. The molecule has 4 rings (SSSR count). The number of carboxylic acids is 1. The maximum Gasteiger partial charge on any atom is 0.329 e. The van der Waals surface area contributed by atoms with E-state index in [-0.39, 0.29) is 30.6 Å².